The number of carbonyl (C=O) groups is 1. The summed E-state index contributed by atoms with van der Waals surface area (Å²) >= 11 is 0. The second-order valence-corrected chi connectivity index (χ2v) is 13.1. The van der Waals surface area contributed by atoms with Crippen LogP contribution in [-0.4, -0.2) is 39.1 Å². The minimum absolute atomic E-state index is 0.0257. The molecule has 0 saturated carbocycles. The molecule has 0 atom stereocenters. The highest BCUT2D eigenvalue weighted by Crippen LogP contribution is 2.41. The first-order valence-corrected chi connectivity index (χ1v) is 16.6. The normalized spacial score (nSPS) is 11.9. The molecule has 5 rings (SSSR count). The van der Waals surface area contributed by atoms with Crippen molar-refractivity contribution in [1.82, 2.24) is 0 Å². The molecule has 5 aromatic rings. The van der Waals surface area contributed by atoms with Gasteiger partial charge in [-0.25, -0.2) is 13.2 Å². The van der Waals surface area contributed by atoms with Gasteiger partial charge in [0.25, 0.3) is 20.1 Å². The van der Waals surface area contributed by atoms with Crippen LogP contribution in [0.5, 0.6) is 5.75 Å². The van der Waals surface area contributed by atoms with Crippen molar-refractivity contribution < 1.29 is 31.3 Å². The van der Waals surface area contributed by atoms with Gasteiger partial charge in [-0.1, -0.05) is 36.4 Å². The van der Waals surface area contributed by atoms with Gasteiger partial charge in [-0.15, -0.1) is 10.2 Å². The lowest BCUT2D eigenvalue weighted by atomic mass is 10.1. The Balaban J connectivity index is 1.44. The maximum atomic E-state index is 13.9. The first-order valence-electron chi connectivity index (χ1n) is 13.7. The molecule has 236 valence electrons. The number of para-hydroxylation sites is 1. The van der Waals surface area contributed by atoms with Crippen molar-refractivity contribution >= 4 is 71.1 Å². The average Bonchev–Trinajstić information content (AvgIpc) is 3.02. The molecule has 15 heteroatoms. The number of phenols is 1. The van der Waals surface area contributed by atoms with Gasteiger partial charge in [0.05, 0.1) is 21.7 Å². The molecule has 46 heavy (non-hydrogen) atoms. The fourth-order valence-electron chi connectivity index (χ4n) is 4.67. The zero-order valence-corrected chi connectivity index (χ0v) is 25.8. The molecule has 0 spiro atoms. The van der Waals surface area contributed by atoms with Crippen molar-refractivity contribution in [2.75, 3.05) is 27.2 Å². The number of azo groups is 1. The number of amides is 2. The summed E-state index contributed by atoms with van der Waals surface area (Å²) in [4.78, 5) is 11.7. The molecule has 6 N–H and O–H groups in total. The molecule has 13 nitrogen and oxygen atoms in total. The molecule has 2 amide bonds. The number of rotatable bonds is 9. The summed E-state index contributed by atoms with van der Waals surface area (Å²) in [6.45, 7) is 1.73. The standard InChI is InChI=1S/C31H28N6O7S2/c1-2-37(23-15-13-22(14-16-23)34-31(39)33-21-8-4-3-5-9-21)45(40,41)28-11-7-6-10-26(28)35-36-30-25(32)17-12-20-18-24(46(42,43)44)19-27(38)29(20)30/h3-19,38H,2,32H2,1H3,(H2,33,34,39)(H,42,43,44). The number of phenolic OH excluding ortho intramolecular Hbond substituents is 1. The van der Waals surface area contributed by atoms with E-state index in [1.165, 1.54) is 34.6 Å². The van der Waals surface area contributed by atoms with E-state index < -0.39 is 36.8 Å². The second-order valence-electron chi connectivity index (χ2n) is 9.85. The zero-order valence-electron chi connectivity index (χ0n) is 24.2. The lowest BCUT2D eigenvalue weighted by molar-refractivity contribution is 0.262. The van der Waals surface area contributed by atoms with Gasteiger partial charge in [-0.3, -0.25) is 8.86 Å². The first kappa shape index (κ1) is 31.9. The van der Waals surface area contributed by atoms with E-state index in [2.05, 4.69) is 20.9 Å². The summed E-state index contributed by atoms with van der Waals surface area (Å²) in [5.41, 5.74) is 7.52. The number of hydrogen-bond donors (Lipinski definition) is 5. The van der Waals surface area contributed by atoms with Crippen molar-refractivity contribution in [1.29, 1.82) is 0 Å². The number of nitrogens with two attached hydrogens (primary N) is 1. The Kier molecular flexibility index (Phi) is 8.91. The Labute approximate surface area is 264 Å². The Hall–Kier alpha value is -5.51. The number of nitrogen functional groups attached to an aromatic ring is 1. The number of fused-ring (bicyclic) bond motifs is 1. The van der Waals surface area contributed by atoms with Crippen LogP contribution >= 0.6 is 0 Å². The van der Waals surface area contributed by atoms with Gasteiger partial charge in [0.2, 0.25) is 0 Å². The third-order valence-electron chi connectivity index (χ3n) is 6.80. The summed E-state index contributed by atoms with van der Waals surface area (Å²) in [5.74, 6) is -0.528. The van der Waals surface area contributed by atoms with E-state index in [-0.39, 0.29) is 39.3 Å². The lowest BCUT2D eigenvalue weighted by Gasteiger charge is -2.23. The van der Waals surface area contributed by atoms with Crippen LogP contribution in [0.25, 0.3) is 10.8 Å². The number of anilines is 4. The van der Waals surface area contributed by atoms with Crippen LogP contribution in [0.1, 0.15) is 6.92 Å². The molecule has 0 fully saturated rings. The van der Waals surface area contributed by atoms with Gasteiger partial charge in [0.1, 0.15) is 22.0 Å². The van der Waals surface area contributed by atoms with Crippen LogP contribution in [-0.2, 0) is 20.1 Å². The maximum Gasteiger partial charge on any atom is 0.323 e. The predicted molar refractivity (Wildman–Crippen MR) is 176 cm³/mol. The van der Waals surface area contributed by atoms with Gasteiger partial charge >= 0.3 is 6.03 Å². The molecule has 0 bridgehead atoms. The van der Waals surface area contributed by atoms with Gasteiger partial charge < -0.3 is 21.5 Å². The van der Waals surface area contributed by atoms with Crippen molar-refractivity contribution in [3.8, 4) is 5.75 Å². The van der Waals surface area contributed by atoms with E-state index in [9.17, 15) is 31.3 Å². The molecule has 0 aliphatic carbocycles. The monoisotopic (exact) mass is 660 g/mol. The number of carbonyl (C=O) groups excluding carboxylic acids is 1. The summed E-state index contributed by atoms with van der Waals surface area (Å²) in [6, 6.07) is 25.5. The van der Waals surface area contributed by atoms with E-state index >= 15 is 0 Å². The molecule has 0 aliphatic heterocycles. The number of hydrogen-bond acceptors (Lipinski definition) is 9. The van der Waals surface area contributed by atoms with Crippen LogP contribution < -0.4 is 20.7 Å². The van der Waals surface area contributed by atoms with Gasteiger partial charge in [0.15, 0.2) is 0 Å². The third kappa shape index (κ3) is 6.76. The molecule has 0 radical (unpaired) electrons. The van der Waals surface area contributed by atoms with Gasteiger partial charge in [-0.2, -0.15) is 8.42 Å². The molecule has 0 unspecified atom stereocenters. The number of nitrogens with zero attached hydrogens (tertiary/aromatic N) is 3. The highest BCUT2D eigenvalue weighted by Gasteiger charge is 2.27. The minimum atomic E-state index is -4.61. The summed E-state index contributed by atoms with van der Waals surface area (Å²) < 4.78 is 61.7. The summed E-state index contributed by atoms with van der Waals surface area (Å²) in [6.07, 6.45) is 0. The molecule has 0 aromatic heterocycles. The molecular formula is C31H28N6O7S2. The number of benzene rings is 5. The fraction of sp³-hybridized carbons (Fsp3) is 0.0645. The van der Waals surface area contributed by atoms with Crippen LogP contribution in [0.3, 0.4) is 0 Å². The number of urea groups is 1. The molecule has 0 heterocycles. The highest BCUT2D eigenvalue weighted by molar-refractivity contribution is 7.93. The third-order valence-corrected chi connectivity index (χ3v) is 9.58. The van der Waals surface area contributed by atoms with E-state index in [0.29, 0.717) is 17.1 Å². The van der Waals surface area contributed by atoms with Crippen molar-refractivity contribution in [3.63, 3.8) is 0 Å². The van der Waals surface area contributed by atoms with Crippen LogP contribution in [0, 0.1) is 0 Å². The topological polar surface area (TPSA) is 204 Å². The van der Waals surface area contributed by atoms with E-state index in [1.54, 1.807) is 61.5 Å². The first-order chi connectivity index (χ1) is 21.9. The van der Waals surface area contributed by atoms with Crippen molar-refractivity contribution in [3.05, 3.63) is 103 Å². The van der Waals surface area contributed by atoms with Gasteiger partial charge in [-0.05, 0) is 73.0 Å². The summed E-state index contributed by atoms with van der Waals surface area (Å²) in [7, 11) is -8.80. The zero-order chi connectivity index (χ0) is 33.1. The van der Waals surface area contributed by atoms with Crippen molar-refractivity contribution in [2.45, 2.75) is 16.7 Å². The Bertz CT molecular complexity index is 2180. The Morgan fingerprint density at radius 1 is 0.826 bits per heavy atom. The maximum absolute atomic E-state index is 13.9. The van der Waals surface area contributed by atoms with E-state index in [1.807, 2.05) is 6.07 Å². The molecular weight excluding hydrogens is 633 g/mol. The predicted octanol–water partition coefficient (Wildman–Crippen LogP) is 6.65. The number of nitrogens with one attached hydrogen (secondary N) is 2. The number of aromatic hydroxyl groups is 1. The second kappa shape index (κ2) is 12.8. The van der Waals surface area contributed by atoms with Crippen LogP contribution in [0.15, 0.2) is 123 Å². The largest absolute Gasteiger partial charge is 0.507 e. The number of sulfonamides is 1. The van der Waals surface area contributed by atoms with Gasteiger partial charge in [0, 0.05) is 24.0 Å². The fourth-order valence-corrected chi connectivity index (χ4v) is 6.81. The van der Waals surface area contributed by atoms with E-state index in [0.717, 1.165) is 12.1 Å². The minimum Gasteiger partial charge on any atom is -0.507 e. The average molecular weight is 661 g/mol. The summed E-state index contributed by atoms with van der Waals surface area (Å²) in [5, 5.41) is 24.6. The lowest BCUT2D eigenvalue weighted by Crippen LogP contribution is -2.30. The van der Waals surface area contributed by atoms with Crippen LogP contribution in [0.2, 0.25) is 0 Å². The Morgan fingerprint density at radius 3 is 2.11 bits per heavy atom. The smallest absolute Gasteiger partial charge is 0.323 e. The Morgan fingerprint density at radius 2 is 1.46 bits per heavy atom. The SMILES string of the molecule is CCN(c1ccc(NC(=O)Nc2ccccc2)cc1)S(=O)(=O)c1ccccc1N=Nc1c(N)ccc2cc(S(=O)(=O)O)cc(O)c12. The van der Waals surface area contributed by atoms with Crippen LogP contribution in [0.4, 0.5) is 38.9 Å². The van der Waals surface area contributed by atoms with Crippen molar-refractivity contribution in [2.24, 2.45) is 10.2 Å². The molecule has 0 aliphatic rings. The molecule has 0 saturated heterocycles. The van der Waals surface area contributed by atoms with E-state index in [4.69, 9.17) is 5.73 Å². The quantitative estimate of drug-likeness (QED) is 0.0656. The molecule has 5 aromatic carbocycles. The highest BCUT2D eigenvalue weighted by atomic mass is 32.2.